The van der Waals surface area contributed by atoms with Gasteiger partial charge in [0.15, 0.2) is 0 Å². The van der Waals surface area contributed by atoms with E-state index in [4.69, 9.17) is 4.74 Å². The molecular formula is C28H30N2O4S. The van der Waals surface area contributed by atoms with Crippen LogP contribution in [0, 0.1) is 0 Å². The van der Waals surface area contributed by atoms with Gasteiger partial charge in [-0.1, -0.05) is 63.2 Å². The first kappa shape index (κ1) is 24.7. The number of H-pyrrole nitrogens is 1. The molecule has 1 N–H and O–H groups in total. The maximum absolute atomic E-state index is 13.8. The van der Waals surface area contributed by atoms with Crippen LogP contribution in [-0.2, 0) is 28.5 Å². The molecule has 0 aliphatic rings. The summed E-state index contributed by atoms with van der Waals surface area (Å²) < 4.78 is 34.1. The zero-order valence-corrected chi connectivity index (χ0v) is 21.2. The van der Waals surface area contributed by atoms with Crippen LogP contribution in [0.15, 0.2) is 88.6 Å². The highest BCUT2D eigenvalue weighted by atomic mass is 32.2. The van der Waals surface area contributed by atoms with Crippen LogP contribution in [0.2, 0.25) is 0 Å². The van der Waals surface area contributed by atoms with Gasteiger partial charge in [-0.2, -0.15) is 4.31 Å². The Bertz CT molecular complexity index is 1490. The van der Waals surface area contributed by atoms with Gasteiger partial charge in [-0.3, -0.25) is 4.79 Å². The number of aromatic nitrogens is 1. The molecule has 0 atom stereocenters. The quantitative estimate of drug-likeness (QED) is 0.385. The minimum atomic E-state index is -3.88. The van der Waals surface area contributed by atoms with Gasteiger partial charge in [0.05, 0.1) is 17.5 Å². The average molecular weight is 491 g/mol. The summed E-state index contributed by atoms with van der Waals surface area (Å²) in [5.74, 6) is 0.632. The lowest BCUT2D eigenvalue weighted by molar-refractivity contribution is 0.399. The highest BCUT2D eigenvalue weighted by molar-refractivity contribution is 7.89. The number of nitrogens with one attached hydrogen (secondary N) is 1. The molecule has 4 rings (SSSR count). The Labute approximate surface area is 206 Å². The lowest BCUT2D eigenvalue weighted by atomic mass is 9.87. The van der Waals surface area contributed by atoms with E-state index in [2.05, 4.69) is 25.8 Å². The topological polar surface area (TPSA) is 79.5 Å². The van der Waals surface area contributed by atoms with E-state index in [9.17, 15) is 13.2 Å². The Balaban J connectivity index is 1.74. The van der Waals surface area contributed by atoms with Crippen LogP contribution in [0.3, 0.4) is 0 Å². The van der Waals surface area contributed by atoms with Crippen LogP contribution in [0.25, 0.3) is 10.9 Å². The second-order valence-electron chi connectivity index (χ2n) is 9.61. The summed E-state index contributed by atoms with van der Waals surface area (Å²) in [6.45, 7) is 6.33. The van der Waals surface area contributed by atoms with Crippen molar-refractivity contribution in [3.63, 3.8) is 0 Å². The molecular weight excluding hydrogens is 460 g/mol. The summed E-state index contributed by atoms with van der Waals surface area (Å²) in [6.07, 6.45) is 0. The van der Waals surface area contributed by atoms with Crippen LogP contribution >= 0.6 is 0 Å². The Morgan fingerprint density at radius 2 is 1.57 bits per heavy atom. The van der Waals surface area contributed by atoms with Crippen molar-refractivity contribution in [3.8, 4) is 5.75 Å². The minimum absolute atomic E-state index is 0.0600. The molecule has 7 heteroatoms. The van der Waals surface area contributed by atoms with Gasteiger partial charge in [0.25, 0.3) is 5.56 Å². The van der Waals surface area contributed by atoms with Crippen LogP contribution in [0.5, 0.6) is 5.75 Å². The Kier molecular flexibility index (Phi) is 6.83. The monoisotopic (exact) mass is 490 g/mol. The summed E-state index contributed by atoms with van der Waals surface area (Å²) in [5.41, 5.74) is 2.47. The van der Waals surface area contributed by atoms with Crippen molar-refractivity contribution in [2.24, 2.45) is 0 Å². The van der Waals surface area contributed by atoms with Crippen LogP contribution < -0.4 is 10.3 Å². The molecule has 0 saturated carbocycles. The SMILES string of the molecule is COc1ccc2cc(CN(Cc3ccccc3)S(=O)(=O)c3ccc(C(C)(C)C)cc3)c(=O)[nH]c2c1. The number of ether oxygens (including phenoxy) is 1. The summed E-state index contributed by atoms with van der Waals surface area (Å²) in [5, 5.41) is 0.798. The third-order valence-corrected chi connectivity index (χ3v) is 7.84. The number of benzene rings is 3. The predicted octanol–water partition coefficient (Wildman–Crippen LogP) is 5.23. The Morgan fingerprint density at radius 1 is 0.886 bits per heavy atom. The second kappa shape index (κ2) is 9.68. The van der Waals surface area contributed by atoms with Gasteiger partial charge in [0, 0.05) is 24.7 Å². The van der Waals surface area contributed by atoms with Crippen molar-refractivity contribution in [2.75, 3.05) is 7.11 Å². The summed E-state index contributed by atoms with van der Waals surface area (Å²) >= 11 is 0. The van der Waals surface area contributed by atoms with Crippen molar-refractivity contribution in [3.05, 3.63) is 106 Å². The fourth-order valence-corrected chi connectivity index (χ4v) is 5.35. The van der Waals surface area contributed by atoms with E-state index in [1.54, 1.807) is 37.4 Å². The number of aromatic amines is 1. The first-order chi connectivity index (χ1) is 16.6. The zero-order chi connectivity index (χ0) is 25.2. The lowest BCUT2D eigenvalue weighted by Crippen LogP contribution is -2.32. The van der Waals surface area contributed by atoms with Gasteiger partial charge in [-0.05, 0) is 52.3 Å². The molecule has 3 aromatic carbocycles. The van der Waals surface area contributed by atoms with E-state index < -0.39 is 10.0 Å². The van der Waals surface area contributed by atoms with E-state index >= 15 is 0 Å². The standard InChI is InChI=1S/C28H30N2O4S/c1-28(2,3)23-11-14-25(15-12-23)35(32,33)30(18-20-8-6-5-7-9-20)19-22-16-21-10-13-24(34-4)17-26(21)29-27(22)31/h5-17H,18-19H2,1-4H3,(H,29,31). The molecule has 0 radical (unpaired) electrons. The molecule has 0 saturated heterocycles. The molecule has 0 unspecified atom stereocenters. The largest absolute Gasteiger partial charge is 0.497 e. The minimum Gasteiger partial charge on any atom is -0.497 e. The number of methoxy groups -OCH3 is 1. The third kappa shape index (κ3) is 5.47. The van der Waals surface area contributed by atoms with Gasteiger partial charge in [0.2, 0.25) is 10.0 Å². The third-order valence-electron chi connectivity index (χ3n) is 6.04. The van der Waals surface area contributed by atoms with Crippen molar-refractivity contribution in [2.45, 2.75) is 44.2 Å². The lowest BCUT2D eigenvalue weighted by Gasteiger charge is -2.24. The molecule has 6 nitrogen and oxygen atoms in total. The van der Waals surface area contributed by atoms with Crippen LogP contribution in [0.4, 0.5) is 0 Å². The van der Waals surface area contributed by atoms with Gasteiger partial charge < -0.3 is 9.72 Å². The predicted molar refractivity (Wildman–Crippen MR) is 139 cm³/mol. The average Bonchev–Trinajstić information content (AvgIpc) is 2.84. The van der Waals surface area contributed by atoms with E-state index in [1.807, 2.05) is 48.5 Å². The molecule has 0 aliphatic carbocycles. The molecule has 0 aliphatic heterocycles. The fraction of sp³-hybridized carbons (Fsp3) is 0.250. The van der Waals surface area contributed by atoms with Gasteiger partial charge >= 0.3 is 0 Å². The van der Waals surface area contributed by atoms with E-state index in [0.29, 0.717) is 16.8 Å². The molecule has 4 aromatic rings. The molecule has 35 heavy (non-hydrogen) atoms. The highest BCUT2D eigenvalue weighted by Crippen LogP contribution is 2.26. The van der Waals surface area contributed by atoms with Gasteiger partial charge in [-0.15, -0.1) is 0 Å². The molecule has 0 fully saturated rings. The van der Waals surface area contributed by atoms with E-state index in [-0.39, 0.29) is 29.0 Å². The number of rotatable bonds is 7. The van der Waals surface area contributed by atoms with Gasteiger partial charge in [-0.25, -0.2) is 8.42 Å². The maximum atomic E-state index is 13.8. The number of nitrogens with zero attached hydrogens (tertiary/aromatic N) is 1. The molecule has 1 heterocycles. The molecule has 182 valence electrons. The first-order valence-electron chi connectivity index (χ1n) is 11.4. The number of hydrogen-bond donors (Lipinski definition) is 1. The summed E-state index contributed by atoms with van der Waals surface area (Å²) in [4.78, 5) is 16.0. The fourth-order valence-electron chi connectivity index (χ4n) is 3.95. The van der Waals surface area contributed by atoms with Crippen LogP contribution in [-0.4, -0.2) is 24.8 Å². The molecule has 0 spiro atoms. The van der Waals surface area contributed by atoms with Crippen molar-refractivity contribution >= 4 is 20.9 Å². The summed E-state index contributed by atoms with van der Waals surface area (Å²) in [7, 11) is -2.32. The summed E-state index contributed by atoms with van der Waals surface area (Å²) in [6, 6.07) is 23.5. The Morgan fingerprint density at radius 3 is 2.20 bits per heavy atom. The second-order valence-corrected chi connectivity index (χ2v) is 11.5. The van der Waals surface area contributed by atoms with Gasteiger partial charge in [0.1, 0.15) is 5.75 Å². The van der Waals surface area contributed by atoms with Crippen molar-refractivity contribution < 1.29 is 13.2 Å². The normalized spacial score (nSPS) is 12.3. The number of fused-ring (bicyclic) bond motifs is 1. The zero-order valence-electron chi connectivity index (χ0n) is 20.4. The Hall–Kier alpha value is -3.42. The molecule has 1 aromatic heterocycles. The molecule has 0 amide bonds. The maximum Gasteiger partial charge on any atom is 0.252 e. The highest BCUT2D eigenvalue weighted by Gasteiger charge is 2.27. The van der Waals surface area contributed by atoms with E-state index in [1.165, 1.54) is 4.31 Å². The van der Waals surface area contributed by atoms with Crippen LogP contribution in [0.1, 0.15) is 37.5 Å². The number of pyridine rings is 1. The molecule has 0 bridgehead atoms. The smallest absolute Gasteiger partial charge is 0.252 e. The van der Waals surface area contributed by atoms with Crippen molar-refractivity contribution in [1.82, 2.24) is 9.29 Å². The first-order valence-corrected chi connectivity index (χ1v) is 12.9. The number of sulfonamides is 1. The number of hydrogen-bond acceptors (Lipinski definition) is 4. The van der Waals surface area contributed by atoms with Crippen molar-refractivity contribution in [1.29, 1.82) is 0 Å². The van der Waals surface area contributed by atoms with E-state index in [0.717, 1.165) is 16.5 Å².